The first-order valence-corrected chi connectivity index (χ1v) is 7.25. The summed E-state index contributed by atoms with van der Waals surface area (Å²) in [5.41, 5.74) is 1.94. The zero-order chi connectivity index (χ0) is 15.2. The minimum atomic E-state index is -0.582. The maximum Gasteiger partial charge on any atom is 0.149 e. The highest BCUT2D eigenvalue weighted by molar-refractivity contribution is 6.30. The number of halogens is 3. The third-order valence-corrected chi connectivity index (χ3v) is 4.33. The molecule has 1 aliphatic carbocycles. The smallest absolute Gasteiger partial charge is 0.149 e. The zero-order valence-electron chi connectivity index (χ0n) is 11.9. The normalized spacial score (nSPS) is 19.4. The summed E-state index contributed by atoms with van der Waals surface area (Å²) in [6.45, 7) is 4.16. The molecule has 1 nitrogen and oxygen atoms in total. The second-order valence-corrected chi connectivity index (χ2v) is 6.62. The lowest BCUT2D eigenvalue weighted by Crippen LogP contribution is -2.25. The van der Waals surface area contributed by atoms with Gasteiger partial charge in [-0.1, -0.05) is 37.6 Å². The molecule has 1 aliphatic rings. The summed E-state index contributed by atoms with van der Waals surface area (Å²) >= 11 is 6.07. The summed E-state index contributed by atoms with van der Waals surface area (Å²) in [5, 5.41) is 3.67. The molecule has 0 radical (unpaired) electrons. The molecular weight excluding hydrogens is 292 g/mol. The molecule has 1 unspecified atom stereocenters. The second kappa shape index (κ2) is 4.99. The van der Waals surface area contributed by atoms with E-state index in [-0.39, 0.29) is 17.1 Å². The minimum Gasteiger partial charge on any atom is -0.373 e. The number of hydrogen-bond acceptors (Lipinski definition) is 1. The lowest BCUT2D eigenvalue weighted by molar-refractivity contribution is 0.335. The van der Waals surface area contributed by atoms with Crippen molar-refractivity contribution in [2.45, 2.75) is 26.3 Å². The van der Waals surface area contributed by atoms with Crippen molar-refractivity contribution in [2.24, 2.45) is 5.41 Å². The SMILES string of the molecule is CC1(C)Cc2ccc(Cl)cc2C1Nc1c(F)cccc1F. The molecule has 3 rings (SSSR count). The van der Waals surface area contributed by atoms with Crippen molar-refractivity contribution in [3.05, 3.63) is 64.2 Å². The van der Waals surface area contributed by atoms with Crippen LogP contribution >= 0.6 is 11.6 Å². The predicted molar refractivity (Wildman–Crippen MR) is 81.7 cm³/mol. The molecule has 0 spiro atoms. The van der Waals surface area contributed by atoms with E-state index < -0.39 is 11.6 Å². The topological polar surface area (TPSA) is 12.0 Å². The molecule has 110 valence electrons. The van der Waals surface area contributed by atoms with Crippen molar-refractivity contribution >= 4 is 17.3 Å². The summed E-state index contributed by atoms with van der Waals surface area (Å²) in [7, 11) is 0. The van der Waals surface area contributed by atoms with Gasteiger partial charge < -0.3 is 5.32 Å². The van der Waals surface area contributed by atoms with E-state index in [4.69, 9.17) is 11.6 Å². The highest BCUT2D eigenvalue weighted by atomic mass is 35.5. The van der Waals surface area contributed by atoms with Gasteiger partial charge in [-0.2, -0.15) is 0 Å². The summed E-state index contributed by atoms with van der Waals surface area (Å²) in [6.07, 6.45) is 0.841. The van der Waals surface area contributed by atoms with E-state index in [1.54, 1.807) is 0 Å². The van der Waals surface area contributed by atoms with Crippen LogP contribution in [0.15, 0.2) is 36.4 Å². The molecule has 2 aromatic carbocycles. The van der Waals surface area contributed by atoms with Gasteiger partial charge in [0.05, 0.1) is 6.04 Å². The summed E-state index contributed by atoms with van der Waals surface area (Å²) < 4.78 is 27.8. The quantitative estimate of drug-likeness (QED) is 0.788. The minimum absolute atomic E-state index is 0.0802. The molecule has 4 heteroatoms. The van der Waals surface area contributed by atoms with Crippen LogP contribution in [0.3, 0.4) is 0 Å². The zero-order valence-corrected chi connectivity index (χ0v) is 12.6. The van der Waals surface area contributed by atoms with E-state index in [1.807, 2.05) is 18.2 Å². The van der Waals surface area contributed by atoms with E-state index in [0.29, 0.717) is 5.02 Å². The van der Waals surface area contributed by atoms with Crippen molar-refractivity contribution in [1.82, 2.24) is 0 Å². The van der Waals surface area contributed by atoms with E-state index in [1.165, 1.54) is 23.8 Å². The molecule has 21 heavy (non-hydrogen) atoms. The van der Waals surface area contributed by atoms with Crippen LogP contribution in [0.5, 0.6) is 0 Å². The Labute approximate surface area is 127 Å². The Morgan fingerprint density at radius 2 is 1.81 bits per heavy atom. The fourth-order valence-corrected chi connectivity index (χ4v) is 3.24. The van der Waals surface area contributed by atoms with Gasteiger partial charge in [-0.25, -0.2) is 8.78 Å². The molecule has 0 aromatic heterocycles. The standard InChI is InChI=1S/C17H16ClF2N/c1-17(2)9-10-6-7-11(18)8-12(10)16(17)21-15-13(19)4-3-5-14(15)20/h3-8,16,21H,9H2,1-2H3. The Kier molecular flexibility index (Phi) is 3.40. The van der Waals surface area contributed by atoms with Crippen molar-refractivity contribution in [3.8, 4) is 0 Å². The molecule has 0 bridgehead atoms. The first-order chi connectivity index (χ1) is 9.88. The summed E-state index contributed by atoms with van der Waals surface area (Å²) in [5.74, 6) is -1.16. The number of hydrogen-bond donors (Lipinski definition) is 1. The van der Waals surface area contributed by atoms with E-state index in [2.05, 4.69) is 19.2 Å². The maximum atomic E-state index is 13.9. The number of fused-ring (bicyclic) bond motifs is 1. The Hall–Kier alpha value is -1.61. The summed E-state index contributed by atoms with van der Waals surface area (Å²) in [6, 6.07) is 9.40. The van der Waals surface area contributed by atoms with Gasteiger partial charge in [0.1, 0.15) is 17.3 Å². The molecule has 0 heterocycles. The molecule has 0 saturated carbocycles. The van der Waals surface area contributed by atoms with Gasteiger partial charge in [-0.3, -0.25) is 0 Å². The lowest BCUT2D eigenvalue weighted by atomic mass is 9.85. The van der Waals surface area contributed by atoms with Gasteiger partial charge in [0.15, 0.2) is 0 Å². The Balaban J connectivity index is 2.04. The number of para-hydroxylation sites is 1. The van der Waals surface area contributed by atoms with E-state index in [0.717, 1.165) is 12.0 Å². The Bertz CT molecular complexity index is 677. The average molecular weight is 308 g/mol. The van der Waals surface area contributed by atoms with Crippen molar-refractivity contribution < 1.29 is 8.78 Å². The second-order valence-electron chi connectivity index (χ2n) is 6.18. The highest BCUT2D eigenvalue weighted by Gasteiger charge is 2.39. The lowest BCUT2D eigenvalue weighted by Gasteiger charge is -2.29. The number of nitrogens with one attached hydrogen (secondary N) is 1. The number of benzene rings is 2. The van der Waals surface area contributed by atoms with Crippen LogP contribution in [0.25, 0.3) is 0 Å². The van der Waals surface area contributed by atoms with Crippen LogP contribution in [-0.4, -0.2) is 0 Å². The Morgan fingerprint density at radius 3 is 2.48 bits per heavy atom. The van der Waals surface area contributed by atoms with Gasteiger partial charge in [0.2, 0.25) is 0 Å². The highest BCUT2D eigenvalue weighted by Crippen LogP contribution is 2.48. The fourth-order valence-electron chi connectivity index (χ4n) is 3.06. The molecule has 0 aliphatic heterocycles. The third kappa shape index (κ3) is 2.51. The molecule has 2 aromatic rings. The van der Waals surface area contributed by atoms with Crippen LogP contribution in [0.2, 0.25) is 5.02 Å². The van der Waals surface area contributed by atoms with Gasteiger partial charge in [-0.05, 0) is 47.2 Å². The first kappa shape index (κ1) is 14.3. The summed E-state index contributed by atoms with van der Waals surface area (Å²) in [4.78, 5) is 0. The molecule has 0 amide bonds. The van der Waals surface area contributed by atoms with Crippen LogP contribution in [-0.2, 0) is 6.42 Å². The fraction of sp³-hybridized carbons (Fsp3) is 0.294. The van der Waals surface area contributed by atoms with Gasteiger partial charge in [0, 0.05) is 5.02 Å². The van der Waals surface area contributed by atoms with Crippen molar-refractivity contribution in [3.63, 3.8) is 0 Å². The molecule has 1 atom stereocenters. The molecule has 0 saturated heterocycles. The monoisotopic (exact) mass is 307 g/mol. The molecule has 1 N–H and O–H groups in total. The number of rotatable bonds is 2. The van der Waals surface area contributed by atoms with Crippen LogP contribution in [0.1, 0.15) is 31.0 Å². The largest absolute Gasteiger partial charge is 0.373 e. The first-order valence-electron chi connectivity index (χ1n) is 6.87. The maximum absolute atomic E-state index is 13.9. The molecule has 0 fully saturated rings. The average Bonchev–Trinajstić information content (AvgIpc) is 2.64. The van der Waals surface area contributed by atoms with E-state index >= 15 is 0 Å². The molecular formula is C17H16ClF2N. The van der Waals surface area contributed by atoms with Crippen molar-refractivity contribution in [2.75, 3.05) is 5.32 Å². The van der Waals surface area contributed by atoms with Crippen molar-refractivity contribution in [1.29, 1.82) is 0 Å². The van der Waals surface area contributed by atoms with Crippen LogP contribution in [0.4, 0.5) is 14.5 Å². The predicted octanol–water partition coefficient (Wildman–Crippen LogP) is 5.35. The third-order valence-electron chi connectivity index (χ3n) is 4.10. The van der Waals surface area contributed by atoms with E-state index in [9.17, 15) is 8.78 Å². The Morgan fingerprint density at radius 1 is 1.14 bits per heavy atom. The van der Waals surface area contributed by atoms with Crippen LogP contribution in [0, 0.1) is 17.0 Å². The van der Waals surface area contributed by atoms with Crippen LogP contribution < -0.4 is 5.32 Å². The number of anilines is 1. The van der Waals surface area contributed by atoms with Gasteiger partial charge >= 0.3 is 0 Å². The van der Waals surface area contributed by atoms with Gasteiger partial charge in [0.25, 0.3) is 0 Å². The van der Waals surface area contributed by atoms with Gasteiger partial charge in [-0.15, -0.1) is 0 Å².